The third-order valence-electron chi connectivity index (χ3n) is 6.15. The van der Waals surface area contributed by atoms with Crippen molar-refractivity contribution in [1.82, 2.24) is 4.31 Å². The third kappa shape index (κ3) is 4.93. The molecule has 2 aromatic rings. The number of nitrogens with zero attached hydrogens (tertiary/aromatic N) is 1. The molecule has 0 bridgehead atoms. The summed E-state index contributed by atoms with van der Waals surface area (Å²) < 4.78 is 33.7. The SMILES string of the molecule is CCOc1ccc(NC(=O)C2CCN(S(=O)(=O)c3c(C)c(C)cc(C)c3C)CC2)cc1. The molecule has 0 aliphatic carbocycles. The van der Waals surface area contributed by atoms with Crippen LogP contribution >= 0.6 is 0 Å². The molecule has 168 valence electrons. The molecule has 1 aliphatic heterocycles. The van der Waals surface area contributed by atoms with Gasteiger partial charge >= 0.3 is 0 Å². The Morgan fingerprint density at radius 2 is 1.58 bits per heavy atom. The monoisotopic (exact) mass is 444 g/mol. The Bertz CT molecular complexity index is 1030. The van der Waals surface area contributed by atoms with Crippen LogP contribution in [0.1, 0.15) is 42.0 Å². The van der Waals surface area contributed by atoms with Gasteiger partial charge in [-0.05, 0) is 94.0 Å². The Morgan fingerprint density at radius 1 is 1.03 bits per heavy atom. The summed E-state index contributed by atoms with van der Waals surface area (Å²) in [7, 11) is -3.60. The van der Waals surface area contributed by atoms with Gasteiger partial charge in [-0.3, -0.25) is 4.79 Å². The number of amides is 1. The van der Waals surface area contributed by atoms with Gasteiger partial charge in [0.1, 0.15) is 5.75 Å². The summed E-state index contributed by atoms with van der Waals surface area (Å²) in [5, 5.41) is 2.94. The molecule has 0 aromatic heterocycles. The van der Waals surface area contributed by atoms with Crippen LogP contribution in [-0.2, 0) is 14.8 Å². The van der Waals surface area contributed by atoms with Gasteiger partial charge in [-0.15, -0.1) is 0 Å². The lowest BCUT2D eigenvalue weighted by atomic mass is 9.97. The summed E-state index contributed by atoms with van der Waals surface area (Å²) in [5.74, 6) is 0.482. The molecule has 0 spiro atoms. The molecule has 1 saturated heterocycles. The summed E-state index contributed by atoms with van der Waals surface area (Å²) in [6, 6.07) is 9.30. The fourth-order valence-electron chi connectivity index (χ4n) is 4.10. The van der Waals surface area contributed by atoms with Gasteiger partial charge < -0.3 is 10.1 Å². The van der Waals surface area contributed by atoms with Crippen molar-refractivity contribution in [3.63, 3.8) is 0 Å². The topological polar surface area (TPSA) is 75.7 Å². The Hall–Kier alpha value is -2.38. The maximum Gasteiger partial charge on any atom is 0.243 e. The van der Waals surface area contributed by atoms with Crippen molar-refractivity contribution < 1.29 is 17.9 Å². The number of sulfonamides is 1. The van der Waals surface area contributed by atoms with Gasteiger partial charge in [-0.2, -0.15) is 4.31 Å². The van der Waals surface area contributed by atoms with Gasteiger partial charge in [-0.25, -0.2) is 8.42 Å². The average molecular weight is 445 g/mol. The molecule has 0 unspecified atom stereocenters. The molecule has 31 heavy (non-hydrogen) atoms. The van der Waals surface area contributed by atoms with E-state index in [1.165, 1.54) is 4.31 Å². The van der Waals surface area contributed by atoms with Crippen molar-refractivity contribution >= 4 is 21.6 Å². The van der Waals surface area contributed by atoms with E-state index in [2.05, 4.69) is 5.32 Å². The minimum Gasteiger partial charge on any atom is -0.494 e. The normalized spacial score (nSPS) is 15.6. The highest BCUT2D eigenvalue weighted by atomic mass is 32.2. The lowest BCUT2D eigenvalue weighted by Gasteiger charge is -2.31. The first-order chi connectivity index (χ1) is 14.6. The Morgan fingerprint density at radius 3 is 2.10 bits per heavy atom. The number of ether oxygens (including phenoxy) is 1. The first-order valence-electron chi connectivity index (χ1n) is 10.8. The molecule has 7 heteroatoms. The van der Waals surface area contributed by atoms with Crippen molar-refractivity contribution in [2.24, 2.45) is 5.92 Å². The highest BCUT2D eigenvalue weighted by Gasteiger charge is 2.34. The molecule has 2 aromatic carbocycles. The number of piperidine rings is 1. The molecule has 3 rings (SSSR count). The van der Waals surface area contributed by atoms with Crippen LogP contribution in [-0.4, -0.2) is 38.3 Å². The van der Waals surface area contributed by atoms with E-state index in [0.717, 1.165) is 28.0 Å². The van der Waals surface area contributed by atoms with Crippen LogP contribution in [0.15, 0.2) is 35.2 Å². The van der Waals surface area contributed by atoms with Gasteiger partial charge in [0.25, 0.3) is 0 Å². The zero-order chi connectivity index (χ0) is 22.8. The number of hydrogen-bond donors (Lipinski definition) is 1. The smallest absolute Gasteiger partial charge is 0.243 e. The summed E-state index contributed by atoms with van der Waals surface area (Å²) >= 11 is 0. The van der Waals surface area contributed by atoms with Gasteiger partial charge in [0.15, 0.2) is 0 Å². The fraction of sp³-hybridized carbons (Fsp3) is 0.458. The Labute approximate surface area is 185 Å². The number of hydrogen-bond acceptors (Lipinski definition) is 4. The number of rotatable bonds is 6. The second-order valence-corrected chi connectivity index (χ2v) is 10.1. The maximum absolute atomic E-state index is 13.4. The summed E-state index contributed by atoms with van der Waals surface area (Å²) in [4.78, 5) is 13.1. The molecule has 0 radical (unpaired) electrons. The van der Waals surface area contributed by atoms with E-state index in [-0.39, 0.29) is 11.8 Å². The van der Waals surface area contributed by atoms with Crippen LogP contribution in [0.5, 0.6) is 5.75 Å². The van der Waals surface area contributed by atoms with Crippen LogP contribution in [0, 0.1) is 33.6 Å². The highest BCUT2D eigenvalue weighted by molar-refractivity contribution is 7.89. The van der Waals surface area contributed by atoms with E-state index in [0.29, 0.717) is 43.1 Å². The molecular weight excluding hydrogens is 412 g/mol. The number of anilines is 1. The molecule has 1 amide bonds. The largest absolute Gasteiger partial charge is 0.494 e. The number of carbonyl (C=O) groups is 1. The standard InChI is InChI=1S/C24H32N2O4S/c1-6-30-22-9-7-21(8-10-22)25-24(27)20-11-13-26(14-12-20)31(28,29)23-18(4)16(2)15-17(3)19(23)5/h7-10,15,20H,6,11-14H2,1-5H3,(H,25,27). The van der Waals surface area contributed by atoms with Crippen LogP contribution in [0.2, 0.25) is 0 Å². The number of aryl methyl sites for hydroxylation is 2. The number of carbonyl (C=O) groups excluding carboxylic acids is 1. The average Bonchev–Trinajstić information content (AvgIpc) is 2.74. The molecule has 1 aliphatic rings. The zero-order valence-corrected chi connectivity index (χ0v) is 19.8. The molecule has 0 saturated carbocycles. The molecule has 1 heterocycles. The fourth-order valence-corrected chi connectivity index (χ4v) is 6.15. The predicted molar refractivity (Wildman–Crippen MR) is 123 cm³/mol. The predicted octanol–water partition coefficient (Wildman–Crippen LogP) is 4.36. The molecule has 1 N–H and O–H groups in total. The summed E-state index contributed by atoms with van der Waals surface area (Å²) in [6.45, 7) is 10.8. The van der Waals surface area contributed by atoms with Crippen molar-refractivity contribution in [3.05, 3.63) is 52.6 Å². The van der Waals surface area contributed by atoms with Crippen molar-refractivity contribution in [1.29, 1.82) is 0 Å². The van der Waals surface area contributed by atoms with Crippen molar-refractivity contribution in [3.8, 4) is 5.75 Å². The van der Waals surface area contributed by atoms with Crippen molar-refractivity contribution in [2.45, 2.75) is 52.4 Å². The van der Waals surface area contributed by atoms with E-state index >= 15 is 0 Å². The second-order valence-electron chi connectivity index (χ2n) is 8.21. The lowest BCUT2D eigenvalue weighted by molar-refractivity contribution is -0.120. The van der Waals surface area contributed by atoms with Crippen LogP contribution in [0.4, 0.5) is 5.69 Å². The Kier molecular flexibility index (Phi) is 7.06. The molecule has 1 fully saturated rings. The van der Waals surface area contributed by atoms with E-state index < -0.39 is 10.0 Å². The lowest BCUT2D eigenvalue weighted by Crippen LogP contribution is -2.41. The zero-order valence-electron chi connectivity index (χ0n) is 19.0. The van der Waals surface area contributed by atoms with Gasteiger partial charge in [-0.1, -0.05) is 6.07 Å². The highest BCUT2D eigenvalue weighted by Crippen LogP contribution is 2.31. The van der Waals surface area contributed by atoms with Crippen LogP contribution in [0.25, 0.3) is 0 Å². The summed E-state index contributed by atoms with van der Waals surface area (Å²) in [6.07, 6.45) is 1.01. The van der Waals surface area contributed by atoms with Crippen LogP contribution in [0.3, 0.4) is 0 Å². The van der Waals surface area contributed by atoms with Crippen molar-refractivity contribution in [2.75, 3.05) is 25.0 Å². The van der Waals surface area contributed by atoms with E-state index in [1.807, 2.05) is 65.0 Å². The number of benzene rings is 2. The van der Waals surface area contributed by atoms with Gasteiger partial charge in [0, 0.05) is 24.7 Å². The van der Waals surface area contributed by atoms with E-state index in [9.17, 15) is 13.2 Å². The number of nitrogens with one attached hydrogen (secondary N) is 1. The minimum absolute atomic E-state index is 0.0695. The van der Waals surface area contributed by atoms with E-state index in [4.69, 9.17) is 4.74 Å². The van der Waals surface area contributed by atoms with Crippen LogP contribution < -0.4 is 10.1 Å². The first kappa shape index (κ1) is 23.3. The molecule has 6 nitrogen and oxygen atoms in total. The minimum atomic E-state index is -3.60. The van der Waals surface area contributed by atoms with Gasteiger partial charge in [0.05, 0.1) is 11.5 Å². The molecular formula is C24H32N2O4S. The van der Waals surface area contributed by atoms with E-state index in [1.54, 1.807) is 0 Å². The Balaban J connectivity index is 1.67. The third-order valence-corrected chi connectivity index (χ3v) is 8.33. The molecule has 0 atom stereocenters. The van der Waals surface area contributed by atoms with Gasteiger partial charge in [0.2, 0.25) is 15.9 Å². The second kappa shape index (κ2) is 9.40. The summed E-state index contributed by atoms with van der Waals surface area (Å²) in [5.41, 5.74) is 4.28. The quantitative estimate of drug-likeness (QED) is 0.718. The first-order valence-corrected chi connectivity index (χ1v) is 12.2. The maximum atomic E-state index is 13.4.